The molecule has 264 valence electrons. The molecule has 3 N–H and O–H groups in total. The number of carbonyl (C=O) groups is 4. The number of aliphatic carboxylic acids is 1. The van der Waals surface area contributed by atoms with Gasteiger partial charge in [-0.1, -0.05) is 43.2 Å². The summed E-state index contributed by atoms with van der Waals surface area (Å²) < 4.78 is 11.3. The van der Waals surface area contributed by atoms with Gasteiger partial charge in [0.2, 0.25) is 17.6 Å². The number of rotatable bonds is 6. The maximum atomic E-state index is 14.3. The number of ether oxygens (including phenoxy) is 2. The average molecular weight is 686 g/mol. The van der Waals surface area contributed by atoms with E-state index in [-0.39, 0.29) is 25.3 Å². The highest BCUT2D eigenvalue weighted by molar-refractivity contribution is 5.96. The molecule has 3 amide bonds. The highest BCUT2D eigenvalue weighted by Crippen LogP contribution is 2.45. The summed E-state index contributed by atoms with van der Waals surface area (Å²) in [6.45, 7) is 5.25. The Hall–Kier alpha value is -5.27. The molecular formula is C36H43N7O7. The molecule has 0 radical (unpaired) electrons. The number of nitrogens with one attached hydrogen (secondary N) is 2. The van der Waals surface area contributed by atoms with Gasteiger partial charge in [0.1, 0.15) is 34.7 Å². The minimum atomic E-state index is -1.44. The largest absolute Gasteiger partial charge is 0.479 e. The van der Waals surface area contributed by atoms with E-state index in [1.807, 2.05) is 54.6 Å². The summed E-state index contributed by atoms with van der Waals surface area (Å²) in [7, 11) is 0. The Balaban J connectivity index is 1.24. The van der Waals surface area contributed by atoms with E-state index in [0.717, 1.165) is 19.3 Å². The summed E-state index contributed by atoms with van der Waals surface area (Å²) >= 11 is 0. The van der Waals surface area contributed by atoms with Crippen LogP contribution in [0.3, 0.4) is 0 Å². The van der Waals surface area contributed by atoms with E-state index >= 15 is 0 Å². The van der Waals surface area contributed by atoms with Crippen LogP contribution >= 0.6 is 0 Å². The zero-order chi connectivity index (χ0) is 35.5. The Bertz CT molecular complexity index is 1740. The first-order valence-corrected chi connectivity index (χ1v) is 17.1. The summed E-state index contributed by atoms with van der Waals surface area (Å²) in [4.78, 5) is 56.2. The van der Waals surface area contributed by atoms with Crippen molar-refractivity contribution in [2.24, 2.45) is 5.92 Å². The summed E-state index contributed by atoms with van der Waals surface area (Å²) in [5.74, 6) is -0.821. The van der Waals surface area contributed by atoms with Crippen molar-refractivity contribution in [1.82, 2.24) is 35.7 Å². The van der Waals surface area contributed by atoms with Gasteiger partial charge in [0.15, 0.2) is 0 Å². The third-order valence-corrected chi connectivity index (χ3v) is 9.17. The van der Waals surface area contributed by atoms with Gasteiger partial charge < -0.3 is 30.1 Å². The molecule has 50 heavy (non-hydrogen) atoms. The highest BCUT2D eigenvalue weighted by atomic mass is 16.6. The number of para-hydroxylation sites is 1. The quantitative estimate of drug-likeness (QED) is 0.310. The lowest BCUT2D eigenvalue weighted by atomic mass is 10.0. The van der Waals surface area contributed by atoms with Crippen molar-refractivity contribution < 1.29 is 33.8 Å². The van der Waals surface area contributed by atoms with Crippen LogP contribution in [0, 0.1) is 5.92 Å². The molecule has 0 bridgehead atoms. The van der Waals surface area contributed by atoms with Crippen molar-refractivity contribution >= 4 is 23.9 Å². The highest BCUT2D eigenvalue weighted by Gasteiger charge is 2.61. The Morgan fingerprint density at radius 1 is 1.02 bits per heavy atom. The lowest BCUT2D eigenvalue weighted by Crippen LogP contribution is -2.56. The molecule has 1 aromatic heterocycles. The predicted molar refractivity (Wildman–Crippen MR) is 181 cm³/mol. The Kier molecular flexibility index (Phi) is 9.89. The van der Waals surface area contributed by atoms with Gasteiger partial charge >= 0.3 is 12.1 Å². The number of amides is 3. The first kappa shape index (κ1) is 34.6. The number of allylic oxidation sites excluding steroid dienone is 1. The topological polar surface area (TPSA) is 178 Å². The number of fused-ring (bicyclic) bond motifs is 2. The van der Waals surface area contributed by atoms with Crippen molar-refractivity contribution in [1.29, 1.82) is 0 Å². The lowest BCUT2D eigenvalue weighted by Gasteiger charge is -2.30. The van der Waals surface area contributed by atoms with Crippen LogP contribution in [0.25, 0.3) is 11.4 Å². The van der Waals surface area contributed by atoms with Crippen molar-refractivity contribution in [2.75, 3.05) is 6.54 Å². The van der Waals surface area contributed by atoms with Crippen molar-refractivity contribution in [3.63, 3.8) is 0 Å². The Morgan fingerprint density at radius 2 is 1.76 bits per heavy atom. The van der Waals surface area contributed by atoms with Crippen LogP contribution in [0.4, 0.5) is 4.79 Å². The van der Waals surface area contributed by atoms with Crippen molar-refractivity contribution in [3.05, 3.63) is 66.7 Å². The number of hydrogen-bond donors (Lipinski definition) is 3. The number of nitrogens with zero attached hydrogens (tertiary/aromatic N) is 5. The van der Waals surface area contributed by atoms with E-state index in [4.69, 9.17) is 9.47 Å². The maximum Gasteiger partial charge on any atom is 0.408 e. The number of carboxylic acids is 1. The second-order valence-electron chi connectivity index (χ2n) is 14.1. The van der Waals surface area contributed by atoms with E-state index in [2.05, 4.69) is 26.0 Å². The Morgan fingerprint density at radius 3 is 2.48 bits per heavy atom. The summed E-state index contributed by atoms with van der Waals surface area (Å²) in [5.41, 5.74) is -1.53. The average Bonchev–Trinajstić information content (AvgIpc) is 3.37. The summed E-state index contributed by atoms with van der Waals surface area (Å²) in [6.07, 6.45) is 6.84. The van der Waals surface area contributed by atoms with E-state index < -0.39 is 53.1 Å². The molecule has 1 aliphatic carbocycles. The zero-order valence-electron chi connectivity index (χ0n) is 28.4. The number of aromatic nitrogens is 4. The third kappa shape index (κ3) is 7.95. The Labute approximate surface area is 290 Å². The van der Waals surface area contributed by atoms with Gasteiger partial charge in [0.25, 0.3) is 0 Å². The lowest BCUT2D eigenvalue weighted by molar-refractivity contribution is -0.145. The van der Waals surface area contributed by atoms with Gasteiger partial charge in [-0.25, -0.2) is 9.59 Å². The second kappa shape index (κ2) is 14.3. The van der Waals surface area contributed by atoms with Crippen LogP contribution in [0.2, 0.25) is 0 Å². The van der Waals surface area contributed by atoms with Gasteiger partial charge in [-0.2, -0.15) is 4.80 Å². The molecule has 14 heteroatoms. The van der Waals surface area contributed by atoms with Gasteiger partial charge in [-0.3, -0.25) is 9.59 Å². The SMILES string of the molecule is CC(C)(C)OC(=O)N[C@H]1CCCCC/C=C\[C@@H]2C[C@@]2(C(=O)O)NC(=O)[C@@H]2C[C@@H](n3nnc(-c4ccc(Oc5ccccc5)cc4)n3)CN2C1=O. The number of benzene rings is 2. The second-order valence-corrected chi connectivity index (χ2v) is 14.1. The van der Waals surface area contributed by atoms with Crippen LogP contribution in [-0.4, -0.2) is 83.9 Å². The minimum absolute atomic E-state index is 0.0481. The number of alkyl carbamates (subject to hydrolysis) is 1. The fraction of sp³-hybridized carbons (Fsp3) is 0.472. The molecule has 3 aromatic rings. The first-order chi connectivity index (χ1) is 23.9. The van der Waals surface area contributed by atoms with Gasteiger partial charge in [-0.05, 0) is 88.1 Å². The van der Waals surface area contributed by atoms with Crippen LogP contribution in [0.1, 0.15) is 71.8 Å². The fourth-order valence-electron chi connectivity index (χ4n) is 6.49. The summed E-state index contributed by atoms with van der Waals surface area (Å²) in [5, 5.41) is 28.8. The predicted octanol–water partition coefficient (Wildman–Crippen LogP) is 4.65. The molecule has 2 aromatic carbocycles. The number of carboxylic acid groups (broad SMARTS) is 1. The van der Waals surface area contributed by atoms with Crippen LogP contribution in [0.5, 0.6) is 11.5 Å². The zero-order valence-corrected chi connectivity index (χ0v) is 28.4. The van der Waals surface area contributed by atoms with Crippen LogP contribution in [0.15, 0.2) is 66.7 Å². The first-order valence-electron chi connectivity index (χ1n) is 17.1. The molecule has 1 saturated carbocycles. The molecule has 3 heterocycles. The molecule has 3 aliphatic rings. The molecule has 2 aliphatic heterocycles. The van der Waals surface area contributed by atoms with Gasteiger partial charge in [0, 0.05) is 24.4 Å². The van der Waals surface area contributed by atoms with Gasteiger partial charge in [0.05, 0.1) is 6.04 Å². The standard InChI is InChI=1S/C36H43N7O7/c1-35(2,3)50-34(48)37-28-15-11-6-4-5-8-12-24-21-36(24,33(46)47)38-31(44)29-20-25(22-42(29)32(28)45)43-40-30(39-41-43)23-16-18-27(19-17-23)49-26-13-9-7-10-14-26/h7-10,12-14,16-19,24-25,28-29H,4-6,11,15,20-22H2,1-3H3,(H,37,48)(H,38,44)(H,46,47)/b12-8-/t24-,25-,28+,29+,36-/m1/s1. The number of carbonyl (C=O) groups excluding carboxylic acids is 3. The normalized spacial score (nSPS) is 26.3. The molecule has 5 atom stereocenters. The fourth-order valence-corrected chi connectivity index (χ4v) is 6.49. The van der Waals surface area contributed by atoms with Crippen molar-refractivity contribution in [2.45, 2.75) is 95.0 Å². The molecular weight excluding hydrogens is 642 g/mol. The number of hydrogen-bond acceptors (Lipinski definition) is 9. The molecule has 14 nitrogen and oxygen atoms in total. The third-order valence-electron chi connectivity index (χ3n) is 9.17. The van der Waals surface area contributed by atoms with Crippen LogP contribution in [-0.2, 0) is 19.1 Å². The number of tetrazole rings is 1. The van der Waals surface area contributed by atoms with E-state index in [9.17, 15) is 24.3 Å². The van der Waals surface area contributed by atoms with E-state index in [1.165, 1.54) is 9.70 Å². The monoisotopic (exact) mass is 685 g/mol. The minimum Gasteiger partial charge on any atom is -0.479 e. The summed E-state index contributed by atoms with van der Waals surface area (Å²) in [6, 6.07) is 14.1. The maximum absolute atomic E-state index is 14.3. The van der Waals surface area contributed by atoms with Gasteiger partial charge in [-0.15, -0.1) is 10.2 Å². The van der Waals surface area contributed by atoms with Crippen molar-refractivity contribution in [3.8, 4) is 22.9 Å². The van der Waals surface area contributed by atoms with Crippen LogP contribution < -0.4 is 15.4 Å². The smallest absolute Gasteiger partial charge is 0.408 e. The molecule has 0 unspecified atom stereocenters. The molecule has 2 fully saturated rings. The molecule has 1 saturated heterocycles. The van der Waals surface area contributed by atoms with E-state index in [0.29, 0.717) is 35.7 Å². The van der Waals surface area contributed by atoms with E-state index in [1.54, 1.807) is 32.9 Å². The molecule has 0 spiro atoms. The molecule has 6 rings (SSSR count).